The van der Waals surface area contributed by atoms with Gasteiger partial charge in [0.1, 0.15) is 5.82 Å². The zero-order valence-electron chi connectivity index (χ0n) is 13.2. The summed E-state index contributed by atoms with van der Waals surface area (Å²) in [5, 5.41) is 0. The third-order valence-corrected chi connectivity index (χ3v) is 5.25. The van der Waals surface area contributed by atoms with Crippen LogP contribution in [0.1, 0.15) is 25.2 Å². The van der Waals surface area contributed by atoms with Gasteiger partial charge in [-0.25, -0.2) is 4.98 Å². The van der Waals surface area contributed by atoms with Crippen molar-refractivity contribution in [1.29, 1.82) is 0 Å². The highest BCUT2D eigenvalue weighted by atomic mass is 32.2. The second-order valence-electron chi connectivity index (χ2n) is 4.92. The maximum absolute atomic E-state index is 12.1. The molecule has 1 aromatic heterocycles. The van der Waals surface area contributed by atoms with E-state index in [1.807, 2.05) is 55.8 Å². The van der Waals surface area contributed by atoms with Gasteiger partial charge in [0.15, 0.2) is 0 Å². The molecule has 0 bridgehead atoms. The molecule has 1 N–H and O–H groups in total. The number of nitrogens with zero attached hydrogens (tertiary/aromatic N) is 3. The van der Waals surface area contributed by atoms with Gasteiger partial charge in [-0.1, -0.05) is 26.0 Å². The van der Waals surface area contributed by atoms with E-state index >= 15 is 0 Å². The van der Waals surface area contributed by atoms with E-state index in [1.165, 1.54) is 4.31 Å². The van der Waals surface area contributed by atoms with E-state index < -0.39 is 10.2 Å². The summed E-state index contributed by atoms with van der Waals surface area (Å²) in [7, 11) is -3.41. The minimum Gasteiger partial charge on any atom is -0.304 e. The van der Waals surface area contributed by atoms with Crippen molar-refractivity contribution < 1.29 is 8.42 Å². The number of hydrogen-bond donors (Lipinski definition) is 1. The molecular weight excluding hydrogens is 300 g/mol. The van der Waals surface area contributed by atoms with Crippen LogP contribution in [0.4, 0.5) is 0 Å². The number of nitrogens with one attached hydrogen (secondary N) is 1. The maximum atomic E-state index is 12.1. The van der Waals surface area contributed by atoms with Crippen LogP contribution in [0.25, 0.3) is 5.69 Å². The molecule has 120 valence electrons. The summed E-state index contributed by atoms with van der Waals surface area (Å²) < 4.78 is 30.1. The Hall–Kier alpha value is -1.70. The van der Waals surface area contributed by atoms with Crippen LogP contribution < -0.4 is 4.72 Å². The molecule has 0 atom stereocenters. The van der Waals surface area contributed by atoms with Crippen molar-refractivity contribution in [2.24, 2.45) is 0 Å². The number of aryl methyl sites for hydroxylation is 1. The van der Waals surface area contributed by atoms with Crippen LogP contribution in [-0.2, 0) is 16.8 Å². The van der Waals surface area contributed by atoms with Gasteiger partial charge in [-0.2, -0.15) is 17.4 Å². The summed E-state index contributed by atoms with van der Waals surface area (Å²) in [5.74, 6) is 0.912. The molecule has 0 saturated carbocycles. The zero-order valence-corrected chi connectivity index (χ0v) is 14.0. The van der Waals surface area contributed by atoms with E-state index in [2.05, 4.69) is 9.71 Å². The van der Waals surface area contributed by atoms with Gasteiger partial charge in [-0.05, 0) is 24.6 Å². The van der Waals surface area contributed by atoms with E-state index in [-0.39, 0.29) is 6.54 Å². The number of hydrogen-bond acceptors (Lipinski definition) is 3. The molecular formula is C15H22N4O2S. The lowest BCUT2D eigenvalue weighted by molar-refractivity contribution is 0.434. The highest BCUT2D eigenvalue weighted by Gasteiger charge is 2.17. The van der Waals surface area contributed by atoms with E-state index in [4.69, 9.17) is 0 Å². The first-order chi connectivity index (χ1) is 10.5. The van der Waals surface area contributed by atoms with Crippen LogP contribution >= 0.6 is 0 Å². The second kappa shape index (κ2) is 7.04. The molecule has 1 heterocycles. The molecule has 22 heavy (non-hydrogen) atoms. The predicted molar refractivity (Wildman–Crippen MR) is 87.0 cm³/mol. The van der Waals surface area contributed by atoms with Crippen LogP contribution in [0, 0.1) is 6.92 Å². The van der Waals surface area contributed by atoms with Crippen molar-refractivity contribution in [2.45, 2.75) is 27.3 Å². The Labute approximate surface area is 132 Å². The summed E-state index contributed by atoms with van der Waals surface area (Å²) in [6.07, 6.45) is 3.65. The lowest BCUT2D eigenvalue weighted by Gasteiger charge is -2.18. The van der Waals surface area contributed by atoms with Crippen LogP contribution in [0.2, 0.25) is 0 Å². The molecule has 2 rings (SSSR count). The largest absolute Gasteiger partial charge is 0.304 e. The Morgan fingerprint density at radius 1 is 1.18 bits per heavy atom. The fourth-order valence-electron chi connectivity index (χ4n) is 2.25. The number of rotatable bonds is 7. The zero-order chi connectivity index (χ0) is 16.2. The van der Waals surface area contributed by atoms with Crippen LogP contribution in [0.5, 0.6) is 0 Å². The molecule has 0 spiro atoms. The Bertz CT molecular complexity index is 703. The quantitative estimate of drug-likeness (QED) is 0.846. The van der Waals surface area contributed by atoms with E-state index in [9.17, 15) is 8.42 Å². The van der Waals surface area contributed by atoms with Crippen molar-refractivity contribution >= 4 is 10.2 Å². The topological polar surface area (TPSA) is 67.2 Å². The summed E-state index contributed by atoms with van der Waals surface area (Å²) in [4.78, 5) is 4.19. The first-order valence-corrected chi connectivity index (χ1v) is 8.76. The van der Waals surface area contributed by atoms with Gasteiger partial charge in [-0.15, -0.1) is 0 Å². The SMILES string of the molecule is CCN(CC)S(=O)(=O)NCc1ccc(-n2ccnc2C)cc1. The van der Waals surface area contributed by atoms with Gasteiger partial charge >= 0.3 is 0 Å². The van der Waals surface area contributed by atoms with Gasteiger partial charge in [0.2, 0.25) is 0 Å². The first-order valence-electron chi connectivity index (χ1n) is 7.32. The molecule has 0 amide bonds. The van der Waals surface area contributed by atoms with Crippen LogP contribution in [0.15, 0.2) is 36.7 Å². The van der Waals surface area contributed by atoms with Crippen molar-refractivity contribution in [3.63, 3.8) is 0 Å². The van der Waals surface area contributed by atoms with Crippen LogP contribution in [0.3, 0.4) is 0 Å². The number of benzene rings is 1. The Morgan fingerprint density at radius 2 is 1.82 bits per heavy atom. The molecule has 0 unspecified atom stereocenters. The molecule has 0 radical (unpaired) electrons. The summed E-state index contributed by atoms with van der Waals surface area (Å²) in [6.45, 7) is 6.79. The third-order valence-electron chi connectivity index (χ3n) is 3.54. The van der Waals surface area contributed by atoms with Crippen molar-refractivity contribution in [3.8, 4) is 5.69 Å². The molecule has 0 saturated heterocycles. The molecule has 0 aliphatic carbocycles. The predicted octanol–water partition coefficient (Wildman–Crippen LogP) is 1.86. The van der Waals surface area contributed by atoms with Gasteiger partial charge < -0.3 is 4.57 Å². The fourth-order valence-corrected chi connectivity index (χ4v) is 3.47. The number of aromatic nitrogens is 2. The van der Waals surface area contributed by atoms with Gasteiger partial charge in [0.05, 0.1) is 0 Å². The monoisotopic (exact) mass is 322 g/mol. The smallest absolute Gasteiger partial charge is 0.279 e. The minimum atomic E-state index is -3.41. The normalized spacial score (nSPS) is 12.0. The standard InChI is InChI=1S/C15H22N4O2S/c1-4-18(5-2)22(20,21)17-12-14-6-8-15(9-7-14)19-11-10-16-13(19)3/h6-11,17H,4-5,12H2,1-3H3. The molecule has 7 heteroatoms. The Kier molecular flexibility index (Phi) is 5.33. The summed E-state index contributed by atoms with van der Waals surface area (Å²) in [5.41, 5.74) is 1.92. The van der Waals surface area contributed by atoms with E-state index in [0.717, 1.165) is 17.1 Å². The molecule has 0 aliphatic rings. The Balaban J connectivity index is 2.05. The minimum absolute atomic E-state index is 0.280. The maximum Gasteiger partial charge on any atom is 0.279 e. The lowest BCUT2D eigenvalue weighted by Crippen LogP contribution is -2.40. The molecule has 2 aromatic rings. The fraction of sp³-hybridized carbons (Fsp3) is 0.400. The van der Waals surface area contributed by atoms with E-state index in [1.54, 1.807) is 6.20 Å². The molecule has 0 fully saturated rings. The summed E-state index contributed by atoms with van der Waals surface area (Å²) in [6, 6.07) is 7.74. The van der Waals surface area contributed by atoms with Gasteiger partial charge in [0, 0.05) is 37.7 Å². The van der Waals surface area contributed by atoms with Gasteiger partial charge in [-0.3, -0.25) is 0 Å². The molecule has 0 aliphatic heterocycles. The van der Waals surface area contributed by atoms with E-state index in [0.29, 0.717) is 13.1 Å². The Morgan fingerprint density at radius 3 is 2.32 bits per heavy atom. The third kappa shape index (κ3) is 3.73. The first kappa shape index (κ1) is 16.7. The van der Waals surface area contributed by atoms with Crippen molar-refractivity contribution in [2.75, 3.05) is 13.1 Å². The molecule has 1 aromatic carbocycles. The van der Waals surface area contributed by atoms with Crippen LogP contribution in [-0.4, -0.2) is 35.4 Å². The lowest BCUT2D eigenvalue weighted by atomic mass is 10.2. The number of imidazole rings is 1. The highest BCUT2D eigenvalue weighted by molar-refractivity contribution is 7.87. The van der Waals surface area contributed by atoms with Crippen molar-refractivity contribution in [3.05, 3.63) is 48.0 Å². The van der Waals surface area contributed by atoms with Gasteiger partial charge in [0.25, 0.3) is 10.2 Å². The average Bonchev–Trinajstić information content (AvgIpc) is 2.93. The molecule has 6 nitrogen and oxygen atoms in total. The summed E-state index contributed by atoms with van der Waals surface area (Å²) >= 11 is 0. The second-order valence-corrected chi connectivity index (χ2v) is 6.68. The highest BCUT2D eigenvalue weighted by Crippen LogP contribution is 2.12. The average molecular weight is 322 g/mol. The van der Waals surface area contributed by atoms with Crippen molar-refractivity contribution in [1.82, 2.24) is 18.6 Å².